The number of aryl methyl sites for hydroxylation is 2. The number of nitrogens with one attached hydrogen (secondary N) is 1. The average Bonchev–Trinajstić information content (AvgIpc) is 2.77. The zero-order valence-corrected chi connectivity index (χ0v) is 13.6. The van der Waals surface area contributed by atoms with Gasteiger partial charge in [0.1, 0.15) is 0 Å². The first-order chi connectivity index (χ1) is 11.0. The molecule has 0 aliphatic rings. The molecule has 2 rings (SSSR count). The fraction of sp³-hybridized carbons (Fsp3) is 0.400. The standard InChI is InChI=1S/C15H14F6N2S/c1-3-4-12-8(2)22-13(24-12)23-11-6-9(14(16,17)18)5-10(7-11)15(19,20)21/h5-7H,3-4H2,1-2H3,(H,22,23). The second-order valence-corrected chi connectivity index (χ2v) is 6.28. The van der Waals surface area contributed by atoms with Gasteiger partial charge < -0.3 is 5.32 Å². The molecule has 1 aromatic heterocycles. The Kier molecular flexibility index (Phi) is 5.12. The molecule has 2 aromatic rings. The van der Waals surface area contributed by atoms with Crippen LogP contribution in [-0.4, -0.2) is 4.98 Å². The van der Waals surface area contributed by atoms with Gasteiger partial charge in [0.05, 0.1) is 16.8 Å². The zero-order valence-electron chi connectivity index (χ0n) is 12.8. The number of hydrogen-bond acceptors (Lipinski definition) is 3. The molecule has 0 unspecified atom stereocenters. The Hall–Kier alpha value is -1.77. The Labute approximate surface area is 138 Å². The number of alkyl halides is 6. The Bertz CT molecular complexity index is 685. The molecule has 0 saturated carbocycles. The lowest BCUT2D eigenvalue weighted by Crippen LogP contribution is -2.11. The summed E-state index contributed by atoms with van der Waals surface area (Å²) >= 11 is 1.22. The van der Waals surface area contributed by atoms with Crippen molar-refractivity contribution in [3.05, 3.63) is 39.9 Å². The summed E-state index contributed by atoms with van der Waals surface area (Å²) in [5, 5.41) is 2.82. The third-order valence-electron chi connectivity index (χ3n) is 3.21. The van der Waals surface area contributed by atoms with Crippen molar-refractivity contribution in [1.82, 2.24) is 4.98 Å². The van der Waals surface area contributed by atoms with E-state index in [2.05, 4.69) is 10.3 Å². The van der Waals surface area contributed by atoms with E-state index >= 15 is 0 Å². The topological polar surface area (TPSA) is 24.9 Å². The number of anilines is 2. The molecule has 24 heavy (non-hydrogen) atoms. The summed E-state index contributed by atoms with van der Waals surface area (Å²) in [6.45, 7) is 3.72. The highest BCUT2D eigenvalue weighted by atomic mass is 32.1. The van der Waals surface area contributed by atoms with Gasteiger partial charge in [-0.2, -0.15) is 26.3 Å². The van der Waals surface area contributed by atoms with E-state index in [1.54, 1.807) is 6.92 Å². The molecule has 132 valence electrons. The van der Waals surface area contributed by atoms with Gasteiger partial charge in [-0.1, -0.05) is 13.3 Å². The van der Waals surface area contributed by atoms with E-state index in [4.69, 9.17) is 0 Å². The van der Waals surface area contributed by atoms with Gasteiger partial charge in [0.2, 0.25) is 0 Å². The summed E-state index contributed by atoms with van der Waals surface area (Å²) in [6, 6.07) is 1.39. The highest BCUT2D eigenvalue weighted by molar-refractivity contribution is 7.15. The first-order valence-corrected chi connectivity index (χ1v) is 7.85. The molecule has 1 N–H and O–H groups in total. The first kappa shape index (κ1) is 18.6. The Morgan fingerprint density at radius 1 is 1.00 bits per heavy atom. The maximum Gasteiger partial charge on any atom is 0.416 e. The summed E-state index contributed by atoms with van der Waals surface area (Å²) < 4.78 is 77.0. The summed E-state index contributed by atoms with van der Waals surface area (Å²) in [7, 11) is 0. The van der Waals surface area contributed by atoms with Crippen LogP contribution in [0.2, 0.25) is 0 Å². The molecule has 0 aliphatic heterocycles. The van der Waals surface area contributed by atoms with E-state index in [9.17, 15) is 26.3 Å². The molecular formula is C15H14F6N2S. The summed E-state index contributed by atoms with van der Waals surface area (Å²) in [6.07, 6.45) is -8.13. The van der Waals surface area contributed by atoms with Gasteiger partial charge in [-0.25, -0.2) is 4.98 Å². The van der Waals surface area contributed by atoms with Crippen molar-refractivity contribution < 1.29 is 26.3 Å². The molecule has 1 heterocycles. The Balaban J connectivity index is 2.40. The van der Waals surface area contributed by atoms with Crippen LogP contribution in [-0.2, 0) is 18.8 Å². The minimum atomic E-state index is -4.87. The molecule has 0 aliphatic carbocycles. The lowest BCUT2D eigenvalue weighted by atomic mass is 10.1. The van der Waals surface area contributed by atoms with Crippen molar-refractivity contribution in [2.45, 2.75) is 39.0 Å². The van der Waals surface area contributed by atoms with Crippen LogP contribution in [0.3, 0.4) is 0 Å². The van der Waals surface area contributed by atoms with Crippen molar-refractivity contribution in [3.8, 4) is 0 Å². The SMILES string of the molecule is CCCc1sc(Nc2cc(C(F)(F)F)cc(C(F)(F)F)c2)nc1C. The molecule has 0 amide bonds. The highest BCUT2D eigenvalue weighted by Gasteiger charge is 2.37. The molecule has 2 nitrogen and oxygen atoms in total. The predicted octanol–water partition coefficient (Wildman–Crippen LogP) is 6.19. The smallest absolute Gasteiger partial charge is 0.332 e. The van der Waals surface area contributed by atoms with Crippen molar-refractivity contribution in [2.24, 2.45) is 0 Å². The molecule has 0 saturated heterocycles. The van der Waals surface area contributed by atoms with Crippen LogP contribution in [0.25, 0.3) is 0 Å². The van der Waals surface area contributed by atoms with E-state index in [0.717, 1.165) is 17.7 Å². The third kappa shape index (κ3) is 4.40. The number of halogens is 6. The van der Waals surface area contributed by atoms with Crippen LogP contribution in [0, 0.1) is 6.92 Å². The largest absolute Gasteiger partial charge is 0.416 e. The fourth-order valence-corrected chi connectivity index (χ4v) is 3.18. The van der Waals surface area contributed by atoms with E-state index in [-0.39, 0.29) is 16.9 Å². The molecule has 0 bridgehead atoms. The van der Waals surface area contributed by atoms with E-state index in [1.165, 1.54) is 11.3 Å². The van der Waals surface area contributed by atoms with Gasteiger partial charge in [0.25, 0.3) is 0 Å². The fourth-order valence-electron chi connectivity index (χ4n) is 2.09. The highest BCUT2D eigenvalue weighted by Crippen LogP contribution is 2.38. The van der Waals surface area contributed by atoms with E-state index < -0.39 is 23.5 Å². The molecule has 0 atom stereocenters. The summed E-state index contributed by atoms with van der Waals surface area (Å²) in [5.74, 6) is 0. The van der Waals surface area contributed by atoms with Gasteiger partial charge in [0.15, 0.2) is 5.13 Å². The van der Waals surface area contributed by atoms with Crippen LogP contribution in [0.1, 0.15) is 35.0 Å². The monoisotopic (exact) mass is 368 g/mol. The maximum absolute atomic E-state index is 12.8. The van der Waals surface area contributed by atoms with Crippen molar-refractivity contribution in [2.75, 3.05) is 5.32 Å². The predicted molar refractivity (Wildman–Crippen MR) is 80.6 cm³/mol. The van der Waals surface area contributed by atoms with Gasteiger partial charge in [-0.15, -0.1) is 11.3 Å². The van der Waals surface area contributed by atoms with E-state index in [0.29, 0.717) is 17.8 Å². The lowest BCUT2D eigenvalue weighted by molar-refractivity contribution is -0.143. The number of rotatable bonds is 4. The molecule has 1 aromatic carbocycles. The number of hydrogen-bond donors (Lipinski definition) is 1. The van der Waals surface area contributed by atoms with Gasteiger partial charge in [-0.3, -0.25) is 0 Å². The second-order valence-electron chi connectivity index (χ2n) is 5.20. The summed E-state index contributed by atoms with van der Waals surface area (Å²) in [4.78, 5) is 5.10. The maximum atomic E-state index is 12.8. The molecular weight excluding hydrogens is 354 g/mol. The number of benzene rings is 1. The van der Waals surface area contributed by atoms with Gasteiger partial charge in [0, 0.05) is 10.6 Å². The average molecular weight is 368 g/mol. The molecule has 0 fully saturated rings. The zero-order chi connectivity index (χ0) is 18.1. The molecule has 0 spiro atoms. The normalized spacial score (nSPS) is 12.5. The van der Waals surface area contributed by atoms with Crippen LogP contribution in [0.15, 0.2) is 18.2 Å². The van der Waals surface area contributed by atoms with Crippen LogP contribution < -0.4 is 5.32 Å². The van der Waals surface area contributed by atoms with Gasteiger partial charge in [-0.05, 0) is 31.5 Å². The minimum Gasteiger partial charge on any atom is -0.332 e. The Morgan fingerprint density at radius 3 is 2.00 bits per heavy atom. The third-order valence-corrected chi connectivity index (χ3v) is 4.34. The van der Waals surface area contributed by atoms with Crippen molar-refractivity contribution in [3.63, 3.8) is 0 Å². The van der Waals surface area contributed by atoms with Crippen molar-refractivity contribution >= 4 is 22.2 Å². The van der Waals surface area contributed by atoms with Gasteiger partial charge >= 0.3 is 12.4 Å². The molecule has 9 heteroatoms. The number of nitrogens with zero attached hydrogens (tertiary/aromatic N) is 1. The van der Waals surface area contributed by atoms with E-state index in [1.807, 2.05) is 6.92 Å². The number of thiazole rings is 1. The quantitative estimate of drug-likeness (QED) is 0.652. The first-order valence-electron chi connectivity index (χ1n) is 7.03. The van der Waals surface area contributed by atoms with Crippen molar-refractivity contribution in [1.29, 1.82) is 0 Å². The van der Waals surface area contributed by atoms with Crippen LogP contribution in [0.4, 0.5) is 37.2 Å². The Morgan fingerprint density at radius 2 is 1.54 bits per heavy atom. The summed E-state index contributed by atoms with van der Waals surface area (Å²) in [5.41, 5.74) is -2.30. The second kappa shape index (κ2) is 6.62. The van der Waals surface area contributed by atoms with Crippen LogP contribution >= 0.6 is 11.3 Å². The lowest BCUT2D eigenvalue weighted by Gasteiger charge is -2.14. The number of aromatic nitrogens is 1. The minimum absolute atomic E-state index is 0.0980. The molecule has 0 radical (unpaired) electrons. The van der Waals surface area contributed by atoms with Crippen LogP contribution in [0.5, 0.6) is 0 Å².